The summed E-state index contributed by atoms with van der Waals surface area (Å²) in [6, 6.07) is 8.38. The predicted molar refractivity (Wildman–Crippen MR) is 83.6 cm³/mol. The molecule has 0 unspecified atom stereocenters. The number of aliphatic hydroxyl groups is 1. The standard InChI is InChI=1S/C17H29NO/c1-6-17(19)15-7-9-16(10-8-15)18(11-13(2)3)12-14(4)5/h7-10,13-14,17,19H,6,11-12H2,1-5H3/t17-/m1/s1. The molecule has 1 atom stereocenters. The lowest BCUT2D eigenvalue weighted by atomic mass is 10.1. The Balaban J connectivity index is 2.84. The van der Waals surface area contributed by atoms with Gasteiger partial charge in [-0.25, -0.2) is 0 Å². The maximum Gasteiger partial charge on any atom is 0.0787 e. The highest BCUT2D eigenvalue weighted by atomic mass is 16.3. The monoisotopic (exact) mass is 263 g/mol. The van der Waals surface area contributed by atoms with Crippen LogP contribution < -0.4 is 4.90 Å². The minimum absolute atomic E-state index is 0.335. The quantitative estimate of drug-likeness (QED) is 0.795. The van der Waals surface area contributed by atoms with E-state index in [1.54, 1.807) is 0 Å². The van der Waals surface area contributed by atoms with Crippen LogP contribution in [0.15, 0.2) is 24.3 Å². The summed E-state index contributed by atoms with van der Waals surface area (Å²) in [4.78, 5) is 2.44. The van der Waals surface area contributed by atoms with Gasteiger partial charge in [-0.05, 0) is 36.0 Å². The second kappa shape index (κ2) is 7.54. The lowest BCUT2D eigenvalue weighted by Crippen LogP contribution is -2.31. The molecule has 0 amide bonds. The van der Waals surface area contributed by atoms with Crippen molar-refractivity contribution in [2.24, 2.45) is 11.8 Å². The zero-order valence-corrected chi connectivity index (χ0v) is 13.1. The molecule has 0 fully saturated rings. The topological polar surface area (TPSA) is 23.5 Å². The Labute approximate surface area is 118 Å². The van der Waals surface area contributed by atoms with E-state index in [1.807, 2.05) is 6.92 Å². The fourth-order valence-electron chi connectivity index (χ4n) is 2.31. The Morgan fingerprint density at radius 1 is 0.947 bits per heavy atom. The Morgan fingerprint density at radius 3 is 1.79 bits per heavy atom. The van der Waals surface area contributed by atoms with Crippen LogP contribution in [0.2, 0.25) is 0 Å². The van der Waals surface area contributed by atoms with E-state index in [0.717, 1.165) is 25.1 Å². The molecule has 0 saturated carbocycles. The average molecular weight is 263 g/mol. The Bertz CT molecular complexity index is 346. The maximum absolute atomic E-state index is 9.84. The minimum Gasteiger partial charge on any atom is -0.388 e. The summed E-state index contributed by atoms with van der Waals surface area (Å²) < 4.78 is 0. The number of rotatable bonds is 7. The first-order valence-corrected chi connectivity index (χ1v) is 7.47. The van der Waals surface area contributed by atoms with Gasteiger partial charge in [-0.3, -0.25) is 0 Å². The summed E-state index contributed by atoms with van der Waals surface area (Å²) in [5.41, 5.74) is 2.27. The largest absolute Gasteiger partial charge is 0.388 e. The predicted octanol–water partition coefficient (Wildman–Crippen LogP) is 4.25. The molecule has 0 saturated heterocycles. The molecule has 0 bridgehead atoms. The van der Waals surface area contributed by atoms with Gasteiger partial charge in [0.1, 0.15) is 0 Å². The summed E-state index contributed by atoms with van der Waals surface area (Å²) in [5, 5.41) is 9.84. The number of hydrogen-bond donors (Lipinski definition) is 1. The van der Waals surface area contributed by atoms with Crippen molar-refractivity contribution in [1.29, 1.82) is 0 Å². The lowest BCUT2D eigenvalue weighted by molar-refractivity contribution is 0.173. The second-order valence-electron chi connectivity index (χ2n) is 6.21. The fraction of sp³-hybridized carbons (Fsp3) is 0.647. The summed E-state index contributed by atoms with van der Waals surface area (Å²) >= 11 is 0. The molecular weight excluding hydrogens is 234 g/mol. The van der Waals surface area contributed by atoms with Crippen LogP contribution in [0.5, 0.6) is 0 Å². The van der Waals surface area contributed by atoms with Gasteiger partial charge >= 0.3 is 0 Å². The molecule has 19 heavy (non-hydrogen) atoms. The van der Waals surface area contributed by atoms with Gasteiger partial charge in [-0.15, -0.1) is 0 Å². The Morgan fingerprint density at radius 2 is 1.42 bits per heavy atom. The van der Waals surface area contributed by atoms with Crippen LogP contribution in [0.25, 0.3) is 0 Å². The third kappa shape index (κ3) is 5.23. The summed E-state index contributed by atoms with van der Waals surface area (Å²) in [6.07, 6.45) is 0.429. The first kappa shape index (κ1) is 16.0. The minimum atomic E-state index is -0.335. The second-order valence-corrected chi connectivity index (χ2v) is 6.21. The van der Waals surface area contributed by atoms with E-state index in [-0.39, 0.29) is 6.10 Å². The molecule has 0 aromatic heterocycles. The maximum atomic E-state index is 9.84. The van der Waals surface area contributed by atoms with Gasteiger partial charge in [0.2, 0.25) is 0 Å². The van der Waals surface area contributed by atoms with Crippen molar-refractivity contribution in [2.45, 2.75) is 47.1 Å². The van der Waals surface area contributed by atoms with Crippen LogP contribution in [-0.4, -0.2) is 18.2 Å². The normalized spacial score (nSPS) is 13.1. The summed E-state index contributed by atoms with van der Waals surface area (Å²) in [5.74, 6) is 1.30. The van der Waals surface area contributed by atoms with Crippen molar-refractivity contribution < 1.29 is 5.11 Å². The molecule has 108 valence electrons. The highest BCUT2D eigenvalue weighted by Crippen LogP contribution is 2.22. The molecule has 1 aromatic carbocycles. The molecule has 0 spiro atoms. The van der Waals surface area contributed by atoms with Gasteiger partial charge in [-0.2, -0.15) is 0 Å². The van der Waals surface area contributed by atoms with Gasteiger partial charge in [0, 0.05) is 18.8 Å². The molecule has 2 heteroatoms. The number of anilines is 1. The summed E-state index contributed by atoms with van der Waals surface area (Å²) in [7, 11) is 0. The van der Waals surface area contributed by atoms with E-state index in [4.69, 9.17) is 0 Å². The molecule has 0 aliphatic heterocycles. The third-order valence-corrected chi connectivity index (χ3v) is 3.20. The van der Waals surface area contributed by atoms with Crippen molar-refractivity contribution in [1.82, 2.24) is 0 Å². The lowest BCUT2D eigenvalue weighted by Gasteiger charge is -2.28. The van der Waals surface area contributed by atoms with Crippen LogP contribution in [0.1, 0.15) is 52.7 Å². The smallest absolute Gasteiger partial charge is 0.0787 e. The van der Waals surface area contributed by atoms with E-state index in [1.165, 1.54) is 5.69 Å². The molecule has 0 aliphatic carbocycles. The van der Waals surface area contributed by atoms with Crippen LogP contribution in [0, 0.1) is 11.8 Å². The molecule has 0 aliphatic rings. The highest BCUT2D eigenvalue weighted by molar-refractivity contribution is 5.48. The molecule has 1 N–H and O–H groups in total. The van der Waals surface area contributed by atoms with Crippen LogP contribution in [0.4, 0.5) is 5.69 Å². The van der Waals surface area contributed by atoms with Crippen molar-refractivity contribution in [3.63, 3.8) is 0 Å². The van der Waals surface area contributed by atoms with E-state index >= 15 is 0 Å². The summed E-state index contributed by atoms with van der Waals surface area (Å²) in [6.45, 7) is 13.2. The van der Waals surface area contributed by atoms with Crippen LogP contribution >= 0.6 is 0 Å². The van der Waals surface area contributed by atoms with Gasteiger partial charge in [-0.1, -0.05) is 46.8 Å². The van der Waals surface area contributed by atoms with Crippen molar-refractivity contribution >= 4 is 5.69 Å². The van der Waals surface area contributed by atoms with Gasteiger partial charge in [0.15, 0.2) is 0 Å². The van der Waals surface area contributed by atoms with Gasteiger partial charge in [0.25, 0.3) is 0 Å². The molecule has 2 nitrogen and oxygen atoms in total. The van der Waals surface area contributed by atoms with Gasteiger partial charge in [0.05, 0.1) is 6.10 Å². The zero-order chi connectivity index (χ0) is 14.4. The van der Waals surface area contributed by atoms with Crippen LogP contribution in [-0.2, 0) is 0 Å². The van der Waals surface area contributed by atoms with Gasteiger partial charge < -0.3 is 10.0 Å². The van der Waals surface area contributed by atoms with E-state index in [2.05, 4.69) is 56.9 Å². The van der Waals surface area contributed by atoms with Crippen molar-refractivity contribution in [2.75, 3.05) is 18.0 Å². The van der Waals surface area contributed by atoms with Crippen molar-refractivity contribution in [3.8, 4) is 0 Å². The Hall–Kier alpha value is -1.02. The Kier molecular flexibility index (Phi) is 6.36. The number of hydrogen-bond acceptors (Lipinski definition) is 2. The highest BCUT2D eigenvalue weighted by Gasteiger charge is 2.11. The SMILES string of the molecule is CC[C@@H](O)c1ccc(N(CC(C)C)CC(C)C)cc1. The third-order valence-electron chi connectivity index (χ3n) is 3.20. The van der Waals surface area contributed by atoms with Crippen LogP contribution in [0.3, 0.4) is 0 Å². The average Bonchev–Trinajstić information content (AvgIpc) is 2.36. The molecule has 0 heterocycles. The molecule has 0 radical (unpaired) electrons. The zero-order valence-electron chi connectivity index (χ0n) is 13.1. The first-order valence-electron chi connectivity index (χ1n) is 7.47. The van der Waals surface area contributed by atoms with E-state index in [9.17, 15) is 5.11 Å². The van der Waals surface area contributed by atoms with E-state index in [0.29, 0.717) is 11.8 Å². The molecule has 1 rings (SSSR count). The number of nitrogens with zero attached hydrogens (tertiary/aromatic N) is 1. The molecular formula is C17H29NO. The van der Waals surface area contributed by atoms with E-state index < -0.39 is 0 Å². The number of benzene rings is 1. The fourth-order valence-corrected chi connectivity index (χ4v) is 2.31. The number of aliphatic hydroxyl groups excluding tert-OH is 1. The first-order chi connectivity index (χ1) is 8.93. The molecule has 1 aromatic rings. The van der Waals surface area contributed by atoms with Crippen molar-refractivity contribution in [3.05, 3.63) is 29.8 Å².